The van der Waals surface area contributed by atoms with Crippen LogP contribution >= 0.6 is 23.1 Å². The van der Waals surface area contributed by atoms with Crippen LogP contribution in [0.15, 0.2) is 82.6 Å². The van der Waals surface area contributed by atoms with E-state index in [1.165, 1.54) is 23.1 Å². The number of para-hydroxylation sites is 2. The van der Waals surface area contributed by atoms with Gasteiger partial charge in [-0.25, -0.2) is 4.90 Å². The van der Waals surface area contributed by atoms with Gasteiger partial charge in [-0.3, -0.25) is 19.2 Å². The Bertz CT molecular complexity index is 1840. The fraction of sp³-hybridized carbons (Fsp3) is 0.226. The number of amides is 3. The molecule has 0 radical (unpaired) electrons. The highest BCUT2D eigenvalue weighted by Gasteiger charge is 2.56. The van der Waals surface area contributed by atoms with E-state index in [9.17, 15) is 32.3 Å². The zero-order chi connectivity index (χ0) is 31.9. The van der Waals surface area contributed by atoms with Crippen LogP contribution in [0.25, 0.3) is 0 Å². The number of carbonyl (C=O) groups excluding carboxylic acids is 3. The lowest BCUT2D eigenvalue weighted by atomic mass is 9.83. The summed E-state index contributed by atoms with van der Waals surface area (Å²) in [5.74, 6) is -2.72. The Hall–Kier alpha value is -4.56. The van der Waals surface area contributed by atoms with Crippen molar-refractivity contribution in [3.8, 4) is 11.5 Å². The lowest BCUT2D eigenvalue weighted by Gasteiger charge is -2.30. The van der Waals surface area contributed by atoms with Gasteiger partial charge in [-0.2, -0.15) is 13.2 Å². The lowest BCUT2D eigenvalue weighted by molar-refractivity contribution is -0.137. The van der Waals surface area contributed by atoms with E-state index in [2.05, 4.69) is 10.3 Å². The molecule has 3 heterocycles. The molecule has 0 aliphatic carbocycles. The van der Waals surface area contributed by atoms with Gasteiger partial charge in [0.05, 0.1) is 34.5 Å². The summed E-state index contributed by atoms with van der Waals surface area (Å²) in [6, 6.07) is 18.0. The van der Waals surface area contributed by atoms with Crippen LogP contribution in [0, 0.1) is 5.92 Å². The normalized spacial score (nSPS) is 19.2. The van der Waals surface area contributed by atoms with Gasteiger partial charge in [0.1, 0.15) is 5.25 Å². The molecule has 3 atom stereocenters. The van der Waals surface area contributed by atoms with Crippen molar-refractivity contribution in [2.45, 2.75) is 29.3 Å². The number of thioether (sulfide) groups is 1. The number of H-pyrrole nitrogens is 1. The van der Waals surface area contributed by atoms with E-state index < -0.39 is 52.9 Å². The van der Waals surface area contributed by atoms with E-state index in [0.717, 1.165) is 35.2 Å². The number of hydrogen-bond donors (Lipinski definition) is 2. The van der Waals surface area contributed by atoms with Gasteiger partial charge in [-0.1, -0.05) is 59.5 Å². The number of thiazole rings is 1. The van der Waals surface area contributed by atoms with Gasteiger partial charge in [-0.05, 0) is 48.9 Å². The number of aromatic amines is 1. The summed E-state index contributed by atoms with van der Waals surface area (Å²) in [4.78, 5) is 56.7. The first-order chi connectivity index (χ1) is 21.6. The molecule has 2 aliphatic rings. The van der Waals surface area contributed by atoms with Crippen molar-refractivity contribution in [1.82, 2.24) is 4.98 Å². The van der Waals surface area contributed by atoms with Crippen LogP contribution in [-0.2, 0) is 20.6 Å². The summed E-state index contributed by atoms with van der Waals surface area (Å²) in [7, 11) is 0. The number of aromatic nitrogens is 1. The largest absolute Gasteiger partial charge is 0.490 e. The number of imide groups is 1. The molecule has 14 heteroatoms. The maximum atomic E-state index is 13.9. The molecule has 232 valence electrons. The predicted molar refractivity (Wildman–Crippen MR) is 162 cm³/mol. The molecule has 0 unspecified atom stereocenters. The fourth-order valence-corrected chi connectivity index (χ4v) is 8.00. The highest BCUT2D eigenvalue weighted by atomic mass is 32.2. The Morgan fingerprint density at radius 1 is 0.956 bits per heavy atom. The van der Waals surface area contributed by atoms with Gasteiger partial charge >= 0.3 is 11.0 Å². The zero-order valence-electron chi connectivity index (χ0n) is 23.4. The molecule has 1 saturated heterocycles. The van der Waals surface area contributed by atoms with Crippen molar-refractivity contribution in [3.05, 3.63) is 98.5 Å². The third kappa shape index (κ3) is 5.82. The molecule has 1 aromatic heterocycles. The topological polar surface area (TPSA) is 118 Å². The maximum absolute atomic E-state index is 13.9. The fourth-order valence-electron chi connectivity index (χ4n) is 5.48. The van der Waals surface area contributed by atoms with Gasteiger partial charge in [-0.15, -0.1) is 0 Å². The summed E-state index contributed by atoms with van der Waals surface area (Å²) in [6.07, 6.45) is -4.66. The molecule has 2 aliphatic heterocycles. The number of carbonyl (C=O) groups is 3. The van der Waals surface area contributed by atoms with Crippen molar-refractivity contribution in [1.29, 1.82) is 0 Å². The standard InChI is InChI=1S/C31H24F3N3O6S2/c1-2-42-21-14-16(12-13-20(21)43-15-22(38)35-19-11-7-6-10-18(19)31(32,33)34)23-24-26(44-27-25(23)45-30(41)36-27)29(40)37(28(24)39)17-8-4-3-5-9-17/h3-14,23-24,26H,2,15H2,1H3,(H,35,38)(H,36,41)/t23-,24-,26+/m0/s1. The van der Waals surface area contributed by atoms with Crippen LogP contribution in [-0.4, -0.2) is 41.2 Å². The minimum atomic E-state index is -4.66. The van der Waals surface area contributed by atoms with Crippen molar-refractivity contribution < 1.29 is 37.0 Å². The predicted octanol–water partition coefficient (Wildman–Crippen LogP) is 5.67. The van der Waals surface area contributed by atoms with Gasteiger partial charge in [0.25, 0.3) is 5.91 Å². The van der Waals surface area contributed by atoms with E-state index in [1.807, 2.05) is 0 Å². The molecule has 2 N–H and O–H groups in total. The van der Waals surface area contributed by atoms with Crippen molar-refractivity contribution >= 4 is 52.2 Å². The molecule has 3 aromatic carbocycles. The Balaban J connectivity index is 1.29. The van der Waals surface area contributed by atoms with Crippen LogP contribution < -0.4 is 24.6 Å². The van der Waals surface area contributed by atoms with Crippen LogP contribution in [0.1, 0.15) is 28.8 Å². The quantitative estimate of drug-likeness (QED) is 0.235. The molecule has 1 fully saturated rings. The molecule has 0 bridgehead atoms. The molecular formula is C31H24F3N3O6S2. The van der Waals surface area contributed by atoms with Crippen molar-refractivity contribution in [2.75, 3.05) is 23.4 Å². The van der Waals surface area contributed by atoms with Crippen LogP contribution in [0.5, 0.6) is 11.5 Å². The number of fused-ring (bicyclic) bond motifs is 2. The molecule has 6 rings (SSSR count). The summed E-state index contributed by atoms with van der Waals surface area (Å²) in [5, 5.41) is 1.97. The summed E-state index contributed by atoms with van der Waals surface area (Å²) >= 11 is 2.13. The third-order valence-corrected chi connectivity index (χ3v) is 9.73. The molecule has 45 heavy (non-hydrogen) atoms. The Labute approximate surface area is 262 Å². The number of nitrogens with zero attached hydrogens (tertiary/aromatic N) is 1. The van der Waals surface area contributed by atoms with Gasteiger partial charge in [0, 0.05) is 10.8 Å². The Morgan fingerprint density at radius 2 is 1.69 bits per heavy atom. The first-order valence-electron chi connectivity index (χ1n) is 13.7. The maximum Gasteiger partial charge on any atom is 0.418 e. The smallest absolute Gasteiger partial charge is 0.418 e. The van der Waals surface area contributed by atoms with E-state index in [-0.39, 0.29) is 28.9 Å². The van der Waals surface area contributed by atoms with Gasteiger partial charge in [0.2, 0.25) is 11.8 Å². The second kappa shape index (κ2) is 12.1. The number of rotatable bonds is 8. The number of ether oxygens (including phenoxy) is 2. The number of alkyl halides is 3. The van der Waals surface area contributed by atoms with Crippen molar-refractivity contribution in [2.24, 2.45) is 5.92 Å². The number of halogens is 3. The Kier molecular flexibility index (Phi) is 8.18. The molecular weight excluding hydrogens is 631 g/mol. The molecule has 9 nitrogen and oxygen atoms in total. The van der Waals surface area contributed by atoms with Crippen LogP contribution in [0.2, 0.25) is 0 Å². The molecule has 0 spiro atoms. The Morgan fingerprint density at radius 3 is 2.42 bits per heavy atom. The van der Waals surface area contributed by atoms with E-state index in [4.69, 9.17) is 9.47 Å². The number of benzene rings is 3. The number of hydrogen-bond acceptors (Lipinski definition) is 8. The minimum absolute atomic E-state index is 0.142. The number of nitrogens with one attached hydrogen (secondary N) is 2. The summed E-state index contributed by atoms with van der Waals surface area (Å²) < 4.78 is 51.5. The van der Waals surface area contributed by atoms with Crippen LogP contribution in [0.4, 0.5) is 24.5 Å². The first-order valence-corrected chi connectivity index (χ1v) is 15.4. The highest BCUT2D eigenvalue weighted by molar-refractivity contribution is 8.00. The van der Waals surface area contributed by atoms with E-state index in [0.29, 0.717) is 21.2 Å². The van der Waals surface area contributed by atoms with E-state index in [1.54, 1.807) is 49.4 Å². The van der Waals surface area contributed by atoms with E-state index >= 15 is 0 Å². The second-order valence-electron chi connectivity index (χ2n) is 10.1. The van der Waals surface area contributed by atoms with Gasteiger partial charge in [0.15, 0.2) is 18.1 Å². The highest BCUT2D eigenvalue weighted by Crippen LogP contribution is 2.53. The zero-order valence-corrected chi connectivity index (χ0v) is 25.1. The summed E-state index contributed by atoms with van der Waals surface area (Å²) in [6.45, 7) is 1.33. The van der Waals surface area contributed by atoms with Crippen LogP contribution in [0.3, 0.4) is 0 Å². The molecule has 4 aromatic rings. The minimum Gasteiger partial charge on any atom is -0.490 e. The number of anilines is 2. The molecule has 0 saturated carbocycles. The average Bonchev–Trinajstić information content (AvgIpc) is 3.50. The SMILES string of the molecule is CCOc1cc([C@@H]2c3sc(=O)[nH]c3S[C@H]3C(=O)N(c4ccccc4)C(=O)[C@@H]23)ccc1OCC(=O)Nc1ccccc1C(F)(F)F. The monoisotopic (exact) mass is 655 g/mol. The lowest BCUT2D eigenvalue weighted by Crippen LogP contribution is -2.32. The average molecular weight is 656 g/mol. The summed E-state index contributed by atoms with van der Waals surface area (Å²) in [5.41, 5.74) is -0.352. The third-order valence-electron chi connectivity index (χ3n) is 7.33. The first kappa shape index (κ1) is 30.5. The molecule has 3 amide bonds. The van der Waals surface area contributed by atoms with Crippen molar-refractivity contribution in [3.63, 3.8) is 0 Å². The second-order valence-corrected chi connectivity index (χ2v) is 12.3. The van der Waals surface area contributed by atoms with Gasteiger partial charge < -0.3 is 19.8 Å².